The number of benzene rings is 9. The lowest BCUT2D eigenvalue weighted by Gasteiger charge is -2.28. The van der Waals surface area contributed by atoms with Gasteiger partial charge in [0.1, 0.15) is 11.2 Å². The van der Waals surface area contributed by atoms with Crippen molar-refractivity contribution in [3.05, 3.63) is 200 Å². The van der Waals surface area contributed by atoms with E-state index in [9.17, 15) is 5.48 Å². The Bertz CT molecular complexity index is 3110. The molecule has 0 fully saturated rings. The molecule has 0 aliphatic carbocycles. The number of para-hydroxylation sites is 1. The Hall–Kier alpha value is -6.90. The van der Waals surface area contributed by atoms with Crippen LogP contribution in [0.1, 0.15) is 5.48 Å². The molecule has 0 saturated carbocycles. The highest BCUT2D eigenvalue weighted by Gasteiger charge is 2.21. The van der Waals surface area contributed by atoms with Crippen molar-refractivity contribution in [3.8, 4) is 33.4 Å². The normalized spacial score (nSPS) is 12.5. The summed E-state index contributed by atoms with van der Waals surface area (Å²) in [7, 11) is 0. The van der Waals surface area contributed by atoms with Gasteiger partial charge in [-0.05, 0) is 92.5 Å². The molecule has 0 aliphatic heterocycles. The van der Waals surface area contributed by atoms with E-state index < -0.39 is 0 Å². The molecule has 2 nitrogen and oxygen atoms in total. The fourth-order valence-electron chi connectivity index (χ4n) is 7.40. The number of hydrogen-bond acceptors (Lipinski definition) is 2. The first kappa shape index (κ1) is 26.0. The van der Waals surface area contributed by atoms with E-state index in [0.29, 0.717) is 16.9 Å². The predicted molar refractivity (Wildman–Crippen MR) is 220 cm³/mol. The van der Waals surface area contributed by atoms with Crippen LogP contribution in [0.15, 0.2) is 205 Å². The van der Waals surface area contributed by atoms with Crippen LogP contribution in [-0.2, 0) is 0 Å². The topological polar surface area (TPSA) is 16.4 Å². The molecule has 2 heteroatoms. The minimum atomic E-state index is -0.128. The second-order valence-electron chi connectivity index (χ2n) is 13.0. The second kappa shape index (κ2) is 12.5. The van der Waals surface area contributed by atoms with E-state index in [-0.39, 0.29) is 35.4 Å². The van der Waals surface area contributed by atoms with Crippen LogP contribution >= 0.6 is 0 Å². The molecule has 244 valence electrons. The first-order valence-corrected chi connectivity index (χ1v) is 17.4. The van der Waals surface area contributed by atoms with Crippen molar-refractivity contribution in [1.82, 2.24) is 0 Å². The molecule has 10 rings (SSSR count). The quantitative estimate of drug-likeness (QED) is 0.175. The van der Waals surface area contributed by atoms with Crippen LogP contribution in [0.3, 0.4) is 0 Å². The highest BCUT2D eigenvalue weighted by Crippen LogP contribution is 2.46. The standard InChI is InChI=1S/C50H33NO/c1-2-11-34(12-3-1)36-23-28-41(29-24-36)51(42-30-25-37(26-31-42)40-22-21-35-13-4-5-15-39(35)33-40)47-19-9-8-17-44(47)45-18-10-20-48-49(45)46-32-27-38-14-6-7-16-43(38)50(46)52-48/h1-33H/i23D,24D,28D,29D. The van der Waals surface area contributed by atoms with E-state index >= 15 is 0 Å². The molecule has 1 aromatic heterocycles. The lowest BCUT2D eigenvalue weighted by atomic mass is 9.96. The summed E-state index contributed by atoms with van der Waals surface area (Å²) < 4.78 is 44.2. The molecular weight excluding hydrogens is 631 g/mol. The Morgan fingerprint density at radius 2 is 1.06 bits per heavy atom. The molecular formula is C50H33NO. The number of anilines is 3. The van der Waals surface area contributed by atoms with Crippen molar-refractivity contribution in [2.45, 2.75) is 0 Å². The highest BCUT2D eigenvalue weighted by molar-refractivity contribution is 6.19. The Morgan fingerprint density at radius 3 is 1.90 bits per heavy atom. The van der Waals surface area contributed by atoms with Crippen LogP contribution in [0, 0.1) is 0 Å². The summed E-state index contributed by atoms with van der Waals surface area (Å²) in [5.41, 5.74) is 7.94. The third-order valence-electron chi connectivity index (χ3n) is 9.93. The predicted octanol–water partition coefficient (Wildman–Crippen LogP) is 14.4. The van der Waals surface area contributed by atoms with Gasteiger partial charge in [0.15, 0.2) is 0 Å². The minimum Gasteiger partial charge on any atom is -0.455 e. The number of rotatable bonds is 6. The molecule has 9 aromatic carbocycles. The largest absolute Gasteiger partial charge is 0.455 e. The average molecular weight is 668 g/mol. The van der Waals surface area contributed by atoms with Gasteiger partial charge in [0.25, 0.3) is 0 Å². The summed E-state index contributed by atoms with van der Waals surface area (Å²) in [6, 6.07) is 58.1. The molecule has 0 aliphatic rings. The van der Waals surface area contributed by atoms with Gasteiger partial charge in [-0.3, -0.25) is 0 Å². The van der Waals surface area contributed by atoms with Gasteiger partial charge in [0.2, 0.25) is 0 Å². The number of nitrogens with zero attached hydrogens (tertiary/aromatic N) is 1. The van der Waals surface area contributed by atoms with Gasteiger partial charge in [-0.25, -0.2) is 0 Å². The van der Waals surface area contributed by atoms with Crippen molar-refractivity contribution < 1.29 is 9.90 Å². The van der Waals surface area contributed by atoms with Crippen LogP contribution in [-0.4, -0.2) is 0 Å². The van der Waals surface area contributed by atoms with Gasteiger partial charge in [0, 0.05) is 33.1 Å². The van der Waals surface area contributed by atoms with E-state index in [2.05, 4.69) is 78.9 Å². The van der Waals surface area contributed by atoms with Crippen molar-refractivity contribution in [2.75, 3.05) is 4.90 Å². The van der Waals surface area contributed by atoms with Crippen LogP contribution in [0.5, 0.6) is 0 Å². The minimum absolute atomic E-state index is 0.0997. The molecule has 52 heavy (non-hydrogen) atoms. The van der Waals surface area contributed by atoms with E-state index in [1.54, 1.807) is 0 Å². The third-order valence-corrected chi connectivity index (χ3v) is 9.93. The zero-order chi connectivity index (χ0) is 37.9. The molecule has 10 aromatic rings. The maximum atomic E-state index is 9.52. The van der Waals surface area contributed by atoms with Crippen molar-refractivity contribution in [3.63, 3.8) is 0 Å². The van der Waals surface area contributed by atoms with Gasteiger partial charge in [-0.2, -0.15) is 0 Å². The Kier molecular flexibility index (Phi) is 6.22. The monoisotopic (exact) mass is 667 g/mol. The number of fused-ring (bicyclic) bond motifs is 6. The van der Waals surface area contributed by atoms with Crippen LogP contribution in [0.2, 0.25) is 0 Å². The molecule has 0 radical (unpaired) electrons. The van der Waals surface area contributed by atoms with E-state index in [1.807, 2.05) is 102 Å². The summed E-state index contributed by atoms with van der Waals surface area (Å²) in [5.74, 6) is 0. The molecule has 0 atom stereocenters. The molecule has 1 heterocycles. The number of furan rings is 1. The first-order chi connectivity index (χ1) is 27.5. The van der Waals surface area contributed by atoms with Crippen LogP contribution in [0.25, 0.3) is 76.9 Å². The average Bonchev–Trinajstić information content (AvgIpc) is 3.65. The van der Waals surface area contributed by atoms with Gasteiger partial charge in [-0.15, -0.1) is 0 Å². The Morgan fingerprint density at radius 1 is 0.404 bits per heavy atom. The smallest absolute Gasteiger partial charge is 0.143 e. The molecule has 0 spiro atoms. The molecule has 0 N–H and O–H groups in total. The summed E-state index contributed by atoms with van der Waals surface area (Å²) in [5, 5.41) is 6.42. The fourth-order valence-corrected chi connectivity index (χ4v) is 7.40. The van der Waals surface area contributed by atoms with Gasteiger partial charge >= 0.3 is 0 Å². The SMILES string of the molecule is [2H]c1c([2H])c(N(c2ccc(-c3ccc4ccccc4c3)cc2)c2ccccc2-c2cccc3oc4c5ccccc5ccc4c23)c([2H])c([2H])c1-c1ccccc1. The van der Waals surface area contributed by atoms with E-state index in [0.717, 1.165) is 60.4 Å². The van der Waals surface area contributed by atoms with Gasteiger partial charge in [0.05, 0.1) is 11.2 Å². The molecule has 0 unspecified atom stereocenters. The fraction of sp³-hybridized carbons (Fsp3) is 0. The lowest BCUT2D eigenvalue weighted by molar-refractivity contribution is 0.673. The Labute approximate surface area is 308 Å². The summed E-state index contributed by atoms with van der Waals surface area (Å²) in [6.07, 6.45) is 0. The maximum Gasteiger partial charge on any atom is 0.143 e. The molecule has 0 saturated heterocycles. The summed E-state index contributed by atoms with van der Waals surface area (Å²) in [6.45, 7) is 0. The Balaban J connectivity index is 1.21. The van der Waals surface area contributed by atoms with Crippen LogP contribution in [0.4, 0.5) is 17.1 Å². The van der Waals surface area contributed by atoms with Gasteiger partial charge < -0.3 is 9.32 Å². The highest BCUT2D eigenvalue weighted by atomic mass is 16.3. The first-order valence-electron chi connectivity index (χ1n) is 19.4. The van der Waals surface area contributed by atoms with Crippen molar-refractivity contribution >= 4 is 60.5 Å². The second-order valence-corrected chi connectivity index (χ2v) is 13.0. The lowest BCUT2D eigenvalue weighted by Crippen LogP contribution is -2.11. The maximum absolute atomic E-state index is 9.52. The van der Waals surface area contributed by atoms with E-state index in [1.165, 1.54) is 5.39 Å². The van der Waals surface area contributed by atoms with E-state index in [4.69, 9.17) is 4.42 Å². The summed E-state index contributed by atoms with van der Waals surface area (Å²) in [4.78, 5) is 1.88. The molecule has 0 bridgehead atoms. The third kappa shape index (κ3) is 5.12. The van der Waals surface area contributed by atoms with Crippen molar-refractivity contribution in [2.24, 2.45) is 0 Å². The van der Waals surface area contributed by atoms with Crippen LogP contribution < -0.4 is 4.90 Å². The number of hydrogen-bond donors (Lipinski definition) is 0. The van der Waals surface area contributed by atoms with Gasteiger partial charge in [-0.1, -0.05) is 152 Å². The zero-order valence-electron chi connectivity index (χ0n) is 32.1. The summed E-state index contributed by atoms with van der Waals surface area (Å²) >= 11 is 0. The van der Waals surface area contributed by atoms with Crippen molar-refractivity contribution in [1.29, 1.82) is 0 Å². The molecule has 0 amide bonds. The zero-order valence-corrected chi connectivity index (χ0v) is 28.1.